The Hall–Kier alpha value is -0.870. The molecule has 0 spiro atoms. The van der Waals surface area contributed by atoms with E-state index in [0.717, 1.165) is 29.2 Å². The molecule has 18 heavy (non-hydrogen) atoms. The summed E-state index contributed by atoms with van der Waals surface area (Å²) in [5, 5.41) is 0. The fourth-order valence-corrected chi connectivity index (χ4v) is 2.20. The zero-order chi connectivity index (χ0) is 13.4. The number of ether oxygens (including phenoxy) is 2. The monoisotopic (exact) mass is 269 g/mol. The SMILES string of the molecule is CCOc1ccc(C(N)CCSC)cc1OCC. The van der Waals surface area contributed by atoms with E-state index in [1.807, 2.05) is 43.8 Å². The van der Waals surface area contributed by atoms with Crippen LogP contribution in [-0.4, -0.2) is 25.2 Å². The zero-order valence-corrected chi connectivity index (χ0v) is 12.3. The highest BCUT2D eigenvalue weighted by Crippen LogP contribution is 2.31. The van der Waals surface area contributed by atoms with Crippen LogP contribution in [0.4, 0.5) is 0 Å². The molecular formula is C14H23NO2S. The highest BCUT2D eigenvalue weighted by molar-refractivity contribution is 7.98. The summed E-state index contributed by atoms with van der Waals surface area (Å²) in [7, 11) is 0. The lowest BCUT2D eigenvalue weighted by Gasteiger charge is -2.16. The Balaban J connectivity index is 2.84. The molecule has 1 aromatic rings. The Morgan fingerprint density at radius 2 is 1.83 bits per heavy atom. The third kappa shape index (κ3) is 4.42. The van der Waals surface area contributed by atoms with Gasteiger partial charge in [0.15, 0.2) is 11.5 Å². The summed E-state index contributed by atoms with van der Waals surface area (Å²) in [5.74, 6) is 2.65. The van der Waals surface area contributed by atoms with Gasteiger partial charge in [0.1, 0.15) is 0 Å². The van der Waals surface area contributed by atoms with Crippen LogP contribution in [0.2, 0.25) is 0 Å². The molecule has 2 N–H and O–H groups in total. The molecule has 0 heterocycles. The van der Waals surface area contributed by atoms with Crippen molar-refractivity contribution in [3.05, 3.63) is 23.8 Å². The van der Waals surface area contributed by atoms with Gasteiger partial charge < -0.3 is 15.2 Å². The van der Waals surface area contributed by atoms with Gasteiger partial charge >= 0.3 is 0 Å². The third-order valence-electron chi connectivity index (χ3n) is 2.63. The summed E-state index contributed by atoms with van der Waals surface area (Å²) in [6, 6.07) is 6.04. The highest BCUT2D eigenvalue weighted by atomic mass is 32.2. The van der Waals surface area contributed by atoms with Crippen molar-refractivity contribution in [1.82, 2.24) is 0 Å². The Labute approximate surface area is 114 Å². The molecule has 1 unspecified atom stereocenters. The molecule has 0 aliphatic rings. The molecule has 3 nitrogen and oxygen atoms in total. The molecule has 0 aromatic heterocycles. The normalized spacial score (nSPS) is 12.2. The summed E-state index contributed by atoms with van der Waals surface area (Å²) >= 11 is 1.81. The second-order valence-electron chi connectivity index (χ2n) is 3.96. The van der Waals surface area contributed by atoms with E-state index in [-0.39, 0.29) is 6.04 Å². The van der Waals surface area contributed by atoms with Gasteiger partial charge in [-0.25, -0.2) is 0 Å². The molecule has 0 aliphatic carbocycles. The lowest BCUT2D eigenvalue weighted by molar-refractivity contribution is 0.287. The molecule has 1 rings (SSSR count). The minimum Gasteiger partial charge on any atom is -0.490 e. The van der Waals surface area contributed by atoms with Gasteiger partial charge in [0.2, 0.25) is 0 Å². The van der Waals surface area contributed by atoms with Crippen LogP contribution in [0, 0.1) is 0 Å². The highest BCUT2D eigenvalue weighted by Gasteiger charge is 2.11. The number of thioether (sulfide) groups is 1. The average Bonchev–Trinajstić information content (AvgIpc) is 2.38. The van der Waals surface area contributed by atoms with E-state index in [4.69, 9.17) is 15.2 Å². The average molecular weight is 269 g/mol. The van der Waals surface area contributed by atoms with Crippen LogP contribution < -0.4 is 15.2 Å². The van der Waals surface area contributed by atoms with Crippen molar-refractivity contribution in [3.63, 3.8) is 0 Å². The molecule has 0 amide bonds. The topological polar surface area (TPSA) is 44.5 Å². The minimum absolute atomic E-state index is 0.0623. The molecule has 102 valence electrons. The van der Waals surface area contributed by atoms with Crippen molar-refractivity contribution >= 4 is 11.8 Å². The van der Waals surface area contributed by atoms with E-state index in [9.17, 15) is 0 Å². The summed E-state index contributed by atoms with van der Waals surface area (Å²) in [4.78, 5) is 0. The van der Waals surface area contributed by atoms with Gasteiger partial charge in [-0.05, 0) is 50.0 Å². The maximum atomic E-state index is 6.16. The van der Waals surface area contributed by atoms with E-state index in [1.54, 1.807) is 0 Å². The third-order valence-corrected chi connectivity index (χ3v) is 3.27. The van der Waals surface area contributed by atoms with Crippen molar-refractivity contribution in [2.45, 2.75) is 26.3 Å². The maximum Gasteiger partial charge on any atom is 0.161 e. The van der Waals surface area contributed by atoms with Gasteiger partial charge in [0, 0.05) is 6.04 Å². The van der Waals surface area contributed by atoms with E-state index < -0.39 is 0 Å². The first-order valence-electron chi connectivity index (χ1n) is 6.37. The lowest BCUT2D eigenvalue weighted by atomic mass is 10.0. The molecule has 1 aromatic carbocycles. The summed E-state index contributed by atoms with van der Waals surface area (Å²) in [6.07, 6.45) is 3.07. The maximum absolute atomic E-state index is 6.16. The van der Waals surface area contributed by atoms with Gasteiger partial charge in [0.05, 0.1) is 13.2 Å². The van der Waals surface area contributed by atoms with Crippen LogP contribution in [-0.2, 0) is 0 Å². The van der Waals surface area contributed by atoms with Crippen LogP contribution in [0.3, 0.4) is 0 Å². The second-order valence-corrected chi connectivity index (χ2v) is 4.95. The van der Waals surface area contributed by atoms with Crippen molar-refractivity contribution in [1.29, 1.82) is 0 Å². The molecule has 0 bridgehead atoms. The summed E-state index contributed by atoms with van der Waals surface area (Å²) in [6.45, 7) is 5.20. The van der Waals surface area contributed by atoms with E-state index in [0.29, 0.717) is 13.2 Å². The largest absolute Gasteiger partial charge is 0.490 e. The number of nitrogens with two attached hydrogens (primary N) is 1. The van der Waals surface area contributed by atoms with Crippen LogP contribution in [0.5, 0.6) is 11.5 Å². The van der Waals surface area contributed by atoms with Crippen molar-refractivity contribution in [2.75, 3.05) is 25.2 Å². The van der Waals surface area contributed by atoms with Crippen molar-refractivity contribution in [3.8, 4) is 11.5 Å². The lowest BCUT2D eigenvalue weighted by Crippen LogP contribution is -2.11. The molecule has 1 atom stereocenters. The first-order valence-corrected chi connectivity index (χ1v) is 7.76. The van der Waals surface area contributed by atoms with Gasteiger partial charge in [-0.3, -0.25) is 0 Å². The number of hydrogen-bond acceptors (Lipinski definition) is 4. The predicted molar refractivity (Wildman–Crippen MR) is 78.7 cm³/mol. The first-order chi connectivity index (χ1) is 8.72. The van der Waals surface area contributed by atoms with Crippen LogP contribution in [0.15, 0.2) is 18.2 Å². The zero-order valence-electron chi connectivity index (χ0n) is 11.4. The van der Waals surface area contributed by atoms with E-state index >= 15 is 0 Å². The number of benzene rings is 1. The minimum atomic E-state index is 0.0623. The molecule has 4 heteroatoms. The standard InChI is InChI=1S/C14H23NO2S/c1-4-16-13-7-6-11(10-14(13)17-5-2)12(15)8-9-18-3/h6-7,10,12H,4-5,8-9,15H2,1-3H3. The Kier molecular flexibility index (Phi) is 6.98. The Bertz CT molecular complexity index is 358. The van der Waals surface area contributed by atoms with Crippen LogP contribution in [0.25, 0.3) is 0 Å². The van der Waals surface area contributed by atoms with Gasteiger partial charge in [0.25, 0.3) is 0 Å². The quantitative estimate of drug-likeness (QED) is 0.787. The van der Waals surface area contributed by atoms with Crippen molar-refractivity contribution in [2.24, 2.45) is 5.73 Å². The van der Waals surface area contributed by atoms with E-state index in [1.165, 1.54) is 0 Å². The first kappa shape index (κ1) is 15.2. The summed E-state index contributed by atoms with van der Waals surface area (Å²) < 4.78 is 11.1. The predicted octanol–water partition coefficient (Wildman–Crippen LogP) is 3.24. The molecule has 0 radical (unpaired) electrons. The molecule has 0 saturated heterocycles. The van der Waals surface area contributed by atoms with E-state index in [2.05, 4.69) is 6.26 Å². The molecule has 0 aliphatic heterocycles. The number of hydrogen-bond donors (Lipinski definition) is 1. The van der Waals surface area contributed by atoms with Crippen LogP contribution >= 0.6 is 11.8 Å². The fourth-order valence-electron chi connectivity index (χ4n) is 1.71. The Morgan fingerprint density at radius 3 is 2.44 bits per heavy atom. The number of rotatable bonds is 8. The van der Waals surface area contributed by atoms with Gasteiger partial charge in [-0.1, -0.05) is 6.07 Å². The smallest absolute Gasteiger partial charge is 0.161 e. The summed E-state index contributed by atoms with van der Waals surface area (Å²) in [5.41, 5.74) is 7.27. The van der Waals surface area contributed by atoms with Crippen LogP contribution in [0.1, 0.15) is 31.9 Å². The second kappa shape index (κ2) is 8.27. The molecule has 0 saturated carbocycles. The van der Waals surface area contributed by atoms with Crippen molar-refractivity contribution < 1.29 is 9.47 Å². The van der Waals surface area contributed by atoms with Gasteiger partial charge in [-0.2, -0.15) is 11.8 Å². The fraction of sp³-hybridized carbons (Fsp3) is 0.571. The molecule has 0 fully saturated rings. The molecular weight excluding hydrogens is 246 g/mol. The Morgan fingerprint density at radius 1 is 1.17 bits per heavy atom. The van der Waals surface area contributed by atoms with Gasteiger partial charge in [-0.15, -0.1) is 0 Å².